The zero-order valence-electron chi connectivity index (χ0n) is 11.5. The number of rotatable bonds is 4. The number of nitrogens with zero attached hydrogens (tertiary/aromatic N) is 1. The van der Waals surface area contributed by atoms with Crippen LogP contribution in [0.15, 0.2) is 53.1 Å². The first kappa shape index (κ1) is 14.3. The van der Waals surface area contributed by atoms with E-state index in [-0.39, 0.29) is 5.82 Å². The Bertz CT molecular complexity index is 780. The molecule has 0 amide bonds. The van der Waals surface area contributed by atoms with Gasteiger partial charge in [0, 0.05) is 21.7 Å². The molecule has 0 bridgehead atoms. The van der Waals surface area contributed by atoms with Crippen LogP contribution in [0.25, 0.3) is 10.9 Å². The van der Waals surface area contributed by atoms with Gasteiger partial charge >= 0.3 is 0 Å². The third kappa shape index (κ3) is 3.01. The summed E-state index contributed by atoms with van der Waals surface area (Å²) in [6.07, 6.45) is 2.87. The van der Waals surface area contributed by atoms with Crippen LogP contribution in [0.3, 0.4) is 0 Å². The van der Waals surface area contributed by atoms with E-state index in [9.17, 15) is 4.39 Å². The van der Waals surface area contributed by atoms with Crippen LogP contribution in [-0.4, -0.2) is 11.1 Å². The summed E-state index contributed by atoms with van der Waals surface area (Å²) < 4.78 is 16.8. The molecule has 3 aromatic rings. The minimum atomic E-state index is -0.181. The fraction of sp³-hybridized carbons (Fsp3) is 0.176. The quantitative estimate of drug-likeness (QED) is 0.757. The maximum absolute atomic E-state index is 13.9. The molecule has 108 valence electrons. The summed E-state index contributed by atoms with van der Waals surface area (Å²) in [5.74, 6) is -0.181. The molecule has 2 nitrogen and oxygen atoms in total. The lowest BCUT2D eigenvalue weighted by molar-refractivity contribution is 0.601. The fourth-order valence-corrected chi connectivity index (χ4v) is 2.97. The van der Waals surface area contributed by atoms with Crippen LogP contribution in [0.5, 0.6) is 0 Å². The van der Waals surface area contributed by atoms with Gasteiger partial charge in [-0.2, -0.15) is 0 Å². The molecule has 1 aromatic heterocycles. The average molecular weight is 347 g/mol. The van der Waals surface area contributed by atoms with Crippen molar-refractivity contribution in [1.29, 1.82) is 0 Å². The Morgan fingerprint density at radius 1 is 1.10 bits per heavy atom. The molecule has 0 radical (unpaired) electrons. The van der Waals surface area contributed by atoms with Gasteiger partial charge in [0.2, 0.25) is 0 Å². The number of halogens is 2. The first-order valence-corrected chi connectivity index (χ1v) is 7.68. The molecular weight excluding hydrogens is 331 g/mol. The molecule has 4 heteroatoms. The van der Waals surface area contributed by atoms with E-state index in [1.165, 1.54) is 11.6 Å². The molecule has 0 saturated heterocycles. The van der Waals surface area contributed by atoms with Gasteiger partial charge in [0.25, 0.3) is 0 Å². The lowest BCUT2D eigenvalue weighted by atomic mass is 10.1. The number of fused-ring (bicyclic) bond motifs is 1. The highest BCUT2D eigenvalue weighted by Crippen LogP contribution is 2.22. The normalized spacial score (nSPS) is 11.2. The summed E-state index contributed by atoms with van der Waals surface area (Å²) in [6, 6.07) is 13.4. The van der Waals surface area contributed by atoms with Crippen molar-refractivity contribution in [2.24, 2.45) is 5.73 Å². The summed E-state index contributed by atoms with van der Waals surface area (Å²) in [5, 5.41) is 1.16. The molecule has 21 heavy (non-hydrogen) atoms. The van der Waals surface area contributed by atoms with Crippen molar-refractivity contribution < 1.29 is 4.39 Å². The Morgan fingerprint density at radius 3 is 2.76 bits per heavy atom. The summed E-state index contributed by atoms with van der Waals surface area (Å²) in [5.41, 5.74) is 8.60. The van der Waals surface area contributed by atoms with Gasteiger partial charge in [-0.3, -0.25) is 0 Å². The maximum Gasteiger partial charge on any atom is 0.128 e. The van der Waals surface area contributed by atoms with Gasteiger partial charge in [-0.05, 0) is 60.3 Å². The van der Waals surface area contributed by atoms with E-state index >= 15 is 0 Å². The van der Waals surface area contributed by atoms with Gasteiger partial charge in [0.05, 0.1) is 6.54 Å². The Balaban J connectivity index is 1.96. The maximum atomic E-state index is 13.9. The highest BCUT2D eigenvalue weighted by molar-refractivity contribution is 9.10. The summed E-state index contributed by atoms with van der Waals surface area (Å²) >= 11 is 3.39. The Hall–Kier alpha value is -1.65. The van der Waals surface area contributed by atoms with Crippen LogP contribution in [0, 0.1) is 5.82 Å². The van der Waals surface area contributed by atoms with Gasteiger partial charge in [-0.15, -0.1) is 0 Å². The van der Waals surface area contributed by atoms with Gasteiger partial charge in [0.15, 0.2) is 0 Å². The fourth-order valence-electron chi connectivity index (χ4n) is 2.56. The van der Waals surface area contributed by atoms with Crippen molar-refractivity contribution in [1.82, 2.24) is 4.57 Å². The molecule has 0 aliphatic carbocycles. The standard InChI is InChI=1S/C17H16BrFN2/c18-15-2-3-16(19)14(10-15)11-21-8-6-13-9-12(5-7-20)1-4-17(13)21/h1-4,6,8-10H,5,7,11,20H2. The van der Waals surface area contributed by atoms with E-state index in [1.807, 2.05) is 12.3 Å². The molecule has 2 N–H and O–H groups in total. The van der Waals surface area contributed by atoms with Crippen molar-refractivity contribution in [2.75, 3.05) is 6.54 Å². The van der Waals surface area contributed by atoms with Crippen LogP contribution in [0.4, 0.5) is 4.39 Å². The molecule has 0 atom stereocenters. The molecule has 0 aliphatic rings. The SMILES string of the molecule is NCCc1ccc2c(ccn2Cc2cc(Br)ccc2F)c1. The second-order valence-electron chi connectivity index (χ2n) is 5.11. The highest BCUT2D eigenvalue weighted by Gasteiger charge is 2.07. The predicted octanol–water partition coefficient (Wildman–Crippen LogP) is 4.09. The number of nitrogens with two attached hydrogens (primary N) is 1. The topological polar surface area (TPSA) is 30.9 Å². The van der Waals surface area contributed by atoms with Crippen LogP contribution in [0.2, 0.25) is 0 Å². The first-order chi connectivity index (χ1) is 10.2. The Labute approximate surface area is 131 Å². The van der Waals surface area contributed by atoms with Crippen LogP contribution >= 0.6 is 15.9 Å². The predicted molar refractivity (Wildman–Crippen MR) is 87.9 cm³/mol. The average Bonchev–Trinajstić information content (AvgIpc) is 2.86. The minimum Gasteiger partial charge on any atom is -0.343 e. The number of benzene rings is 2. The molecule has 1 heterocycles. The third-order valence-electron chi connectivity index (χ3n) is 3.62. The smallest absolute Gasteiger partial charge is 0.128 e. The summed E-state index contributed by atoms with van der Waals surface area (Å²) in [6.45, 7) is 1.17. The number of aromatic nitrogens is 1. The van der Waals surface area contributed by atoms with E-state index in [4.69, 9.17) is 5.73 Å². The van der Waals surface area contributed by atoms with E-state index in [1.54, 1.807) is 6.07 Å². The molecule has 0 fully saturated rings. The van der Waals surface area contributed by atoms with Gasteiger partial charge < -0.3 is 10.3 Å². The molecule has 0 aliphatic heterocycles. The van der Waals surface area contributed by atoms with Gasteiger partial charge in [0.1, 0.15) is 5.82 Å². The van der Waals surface area contributed by atoms with Crippen molar-refractivity contribution in [2.45, 2.75) is 13.0 Å². The van der Waals surface area contributed by atoms with Crippen molar-refractivity contribution in [3.63, 3.8) is 0 Å². The van der Waals surface area contributed by atoms with E-state index < -0.39 is 0 Å². The van der Waals surface area contributed by atoms with Crippen LogP contribution in [0.1, 0.15) is 11.1 Å². The number of hydrogen-bond acceptors (Lipinski definition) is 1. The zero-order valence-corrected chi connectivity index (χ0v) is 13.1. The lowest BCUT2D eigenvalue weighted by Crippen LogP contribution is -2.03. The molecule has 0 unspecified atom stereocenters. The highest BCUT2D eigenvalue weighted by atomic mass is 79.9. The second-order valence-corrected chi connectivity index (χ2v) is 6.03. The van der Waals surface area contributed by atoms with Crippen molar-refractivity contribution >= 4 is 26.8 Å². The second kappa shape index (κ2) is 6.00. The number of hydrogen-bond donors (Lipinski definition) is 1. The lowest BCUT2D eigenvalue weighted by Gasteiger charge is -2.08. The van der Waals surface area contributed by atoms with Crippen LogP contribution < -0.4 is 5.73 Å². The summed E-state index contributed by atoms with van der Waals surface area (Å²) in [7, 11) is 0. The van der Waals surface area contributed by atoms with Crippen molar-refractivity contribution in [3.8, 4) is 0 Å². The summed E-state index contributed by atoms with van der Waals surface area (Å²) in [4.78, 5) is 0. The van der Waals surface area contributed by atoms with Gasteiger partial charge in [-0.25, -0.2) is 4.39 Å². The van der Waals surface area contributed by atoms with Crippen molar-refractivity contribution in [3.05, 3.63) is 70.1 Å². The van der Waals surface area contributed by atoms with E-state index in [2.05, 4.69) is 44.8 Å². The third-order valence-corrected chi connectivity index (χ3v) is 4.11. The zero-order chi connectivity index (χ0) is 14.8. The Morgan fingerprint density at radius 2 is 1.95 bits per heavy atom. The van der Waals surface area contributed by atoms with E-state index in [0.29, 0.717) is 18.7 Å². The molecule has 2 aromatic carbocycles. The minimum absolute atomic E-state index is 0.181. The molecule has 0 spiro atoms. The van der Waals surface area contributed by atoms with E-state index in [0.717, 1.165) is 21.8 Å². The first-order valence-electron chi connectivity index (χ1n) is 6.89. The molecule has 3 rings (SSSR count). The molecular formula is C17H16BrFN2. The monoisotopic (exact) mass is 346 g/mol. The largest absolute Gasteiger partial charge is 0.343 e. The Kier molecular flexibility index (Phi) is 4.08. The van der Waals surface area contributed by atoms with Crippen LogP contribution in [-0.2, 0) is 13.0 Å². The van der Waals surface area contributed by atoms with Gasteiger partial charge in [-0.1, -0.05) is 22.0 Å². The molecule has 0 saturated carbocycles.